The number of rotatable bonds is 4. The third-order valence-electron chi connectivity index (χ3n) is 5.09. The summed E-state index contributed by atoms with van der Waals surface area (Å²) in [7, 11) is 0. The van der Waals surface area contributed by atoms with E-state index in [1.165, 1.54) is 24.8 Å². The van der Waals surface area contributed by atoms with Crippen molar-refractivity contribution in [3.8, 4) is 0 Å². The van der Waals surface area contributed by atoms with Crippen LogP contribution >= 0.6 is 0 Å². The van der Waals surface area contributed by atoms with Crippen molar-refractivity contribution in [2.45, 2.75) is 52.2 Å². The van der Waals surface area contributed by atoms with Crippen molar-refractivity contribution in [1.29, 1.82) is 0 Å². The fraction of sp³-hybridized carbons (Fsp3) is 0.450. The number of para-hydroxylation sites is 1. The topological polar surface area (TPSA) is 46.8 Å². The Balaban J connectivity index is 1.55. The first-order chi connectivity index (χ1) is 12.2. The maximum absolute atomic E-state index is 4.80. The van der Waals surface area contributed by atoms with Crippen molar-refractivity contribution >= 4 is 10.9 Å². The van der Waals surface area contributed by atoms with E-state index < -0.39 is 0 Å². The van der Waals surface area contributed by atoms with E-state index in [9.17, 15) is 0 Å². The first-order valence-corrected chi connectivity index (χ1v) is 9.14. The second-order valence-corrected chi connectivity index (χ2v) is 7.10. The molecule has 1 aromatic carbocycles. The lowest BCUT2D eigenvalue weighted by atomic mass is 10.0. The normalized spacial score (nSPS) is 18.7. The van der Waals surface area contributed by atoms with Crippen molar-refractivity contribution in [3.05, 3.63) is 53.7 Å². The van der Waals surface area contributed by atoms with Gasteiger partial charge in [0.1, 0.15) is 5.82 Å². The summed E-state index contributed by atoms with van der Waals surface area (Å²) in [5.74, 6) is 0.930. The molecule has 2 aromatic heterocycles. The average Bonchev–Trinajstić information content (AvgIpc) is 3.02. The number of aromatic nitrogens is 4. The van der Waals surface area contributed by atoms with Crippen LogP contribution in [0.4, 0.5) is 0 Å². The molecule has 130 valence electrons. The van der Waals surface area contributed by atoms with E-state index in [4.69, 9.17) is 9.97 Å². The quantitative estimate of drug-likeness (QED) is 0.732. The van der Waals surface area contributed by atoms with Gasteiger partial charge in [0.15, 0.2) is 0 Å². The van der Waals surface area contributed by atoms with E-state index in [2.05, 4.69) is 46.9 Å². The third kappa shape index (κ3) is 3.56. The van der Waals surface area contributed by atoms with Gasteiger partial charge < -0.3 is 0 Å². The zero-order valence-corrected chi connectivity index (χ0v) is 15.0. The molecule has 0 bridgehead atoms. The second-order valence-electron chi connectivity index (χ2n) is 7.10. The van der Waals surface area contributed by atoms with E-state index in [1.54, 1.807) is 0 Å². The highest BCUT2D eigenvalue weighted by Gasteiger charge is 2.24. The molecule has 0 unspecified atom stereocenters. The number of fused-ring (bicyclic) bond motifs is 1. The summed E-state index contributed by atoms with van der Waals surface area (Å²) < 4.78 is 2.07. The van der Waals surface area contributed by atoms with Crippen molar-refractivity contribution in [3.63, 3.8) is 0 Å². The van der Waals surface area contributed by atoms with E-state index in [0.717, 1.165) is 42.1 Å². The Morgan fingerprint density at radius 1 is 1.12 bits per heavy atom. The van der Waals surface area contributed by atoms with Gasteiger partial charge in [0, 0.05) is 23.3 Å². The molecule has 5 heteroatoms. The maximum Gasteiger partial charge on any atom is 0.143 e. The lowest BCUT2D eigenvalue weighted by molar-refractivity contribution is 0.119. The van der Waals surface area contributed by atoms with Gasteiger partial charge in [-0.2, -0.15) is 5.10 Å². The van der Waals surface area contributed by atoms with Crippen molar-refractivity contribution in [2.24, 2.45) is 0 Å². The lowest BCUT2D eigenvalue weighted by Gasteiger charge is -2.35. The average molecular weight is 335 g/mol. The van der Waals surface area contributed by atoms with Crippen LogP contribution in [-0.2, 0) is 13.1 Å². The Hall–Kier alpha value is -2.27. The maximum atomic E-state index is 4.80. The highest BCUT2D eigenvalue weighted by molar-refractivity contribution is 5.80. The van der Waals surface area contributed by atoms with E-state index >= 15 is 0 Å². The van der Waals surface area contributed by atoms with Gasteiger partial charge in [-0.25, -0.2) is 9.97 Å². The first-order valence-electron chi connectivity index (χ1n) is 9.14. The minimum absolute atomic E-state index is 0.503. The molecule has 3 heterocycles. The minimum atomic E-state index is 0.503. The SMILES string of the molecule is Cc1cnn(C[C@H]2CCCCN2Cc2nc(C)c3ccccc3n2)c1. The molecule has 1 fully saturated rings. The summed E-state index contributed by atoms with van der Waals surface area (Å²) in [6.45, 7) is 7.04. The van der Waals surface area contributed by atoms with Crippen LogP contribution in [-0.4, -0.2) is 37.2 Å². The Labute approximate surface area is 148 Å². The van der Waals surface area contributed by atoms with Gasteiger partial charge in [-0.15, -0.1) is 0 Å². The van der Waals surface area contributed by atoms with Gasteiger partial charge in [0.05, 0.1) is 24.8 Å². The molecule has 1 aliphatic rings. The molecule has 0 saturated carbocycles. The van der Waals surface area contributed by atoms with E-state index in [1.807, 2.05) is 18.3 Å². The standard InChI is InChI=1S/C20H25N5/c1-15-11-21-25(12-15)13-17-7-5-6-10-24(17)14-20-22-16(2)18-8-3-4-9-19(18)23-20/h3-4,8-9,11-12,17H,5-7,10,13-14H2,1-2H3/t17-/m1/s1. The first kappa shape index (κ1) is 16.2. The number of likely N-dealkylation sites (tertiary alicyclic amines) is 1. The molecular formula is C20H25N5. The monoisotopic (exact) mass is 335 g/mol. The van der Waals surface area contributed by atoms with Crippen LogP contribution in [0.5, 0.6) is 0 Å². The van der Waals surface area contributed by atoms with Gasteiger partial charge in [0.25, 0.3) is 0 Å². The molecule has 3 aromatic rings. The molecule has 0 amide bonds. The molecule has 1 saturated heterocycles. The molecule has 4 rings (SSSR count). The number of aryl methyl sites for hydroxylation is 2. The predicted octanol–water partition coefficient (Wildman–Crippen LogP) is 3.50. The summed E-state index contributed by atoms with van der Waals surface area (Å²) in [5.41, 5.74) is 3.33. The molecule has 0 spiro atoms. The summed E-state index contributed by atoms with van der Waals surface area (Å²) in [6.07, 6.45) is 7.82. The van der Waals surface area contributed by atoms with Crippen LogP contribution < -0.4 is 0 Å². The zero-order chi connectivity index (χ0) is 17.2. The molecule has 1 atom stereocenters. The summed E-state index contributed by atoms with van der Waals surface area (Å²) in [6, 6.07) is 8.77. The van der Waals surface area contributed by atoms with Gasteiger partial charge in [0.2, 0.25) is 0 Å². The van der Waals surface area contributed by atoms with Crippen LogP contribution in [0, 0.1) is 13.8 Å². The van der Waals surface area contributed by atoms with Crippen molar-refractivity contribution in [1.82, 2.24) is 24.6 Å². The van der Waals surface area contributed by atoms with Gasteiger partial charge in [-0.1, -0.05) is 24.6 Å². The van der Waals surface area contributed by atoms with Gasteiger partial charge >= 0.3 is 0 Å². The Morgan fingerprint density at radius 2 is 2.00 bits per heavy atom. The van der Waals surface area contributed by atoms with Crippen molar-refractivity contribution < 1.29 is 0 Å². The third-order valence-corrected chi connectivity index (χ3v) is 5.09. The molecule has 5 nitrogen and oxygen atoms in total. The van der Waals surface area contributed by atoms with Crippen LogP contribution in [0.15, 0.2) is 36.7 Å². The Kier molecular flexibility index (Phi) is 4.49. The Bertz CT molecular complexity index is 869. The zero-order valence-electron chi connectivity index (χ0n) is 15.0. The van der Waals surface area contributed by atoms with Crippen LogP contribution in [0.2, 0.25) is 0 Å². The number of hydrogen-bond donors (Lipinski definition) is 0. The van der Waals surface area contributed by atoms with Gasteiger partial charge in [-0.3, -0.25) is 9.58 Å². The van der Waals surface area contributed by atoms with Gasteiger partial charge in [-0.05, 0) is 44.9 Å². The largest absolute Gasteiger partial charge is 0.291 e. The second kappa shape index (κ2) is 6.92. The highest BCUT2D eigenvalue weighted by atomic mass is 15.3. The smallest absolute Gasteiger partial charge is 0.143 e. The Morgan fingerprint density at radius 3 is 2.84 bits per heavy atom. The summed E-state index contributed by atoms with van der Waals surface area (Å²) >= 11 is 0. The molecule has 25 heavy (non-hydrogen) atoms. The number of hydrogen-bond acceptors (Lipinski definition) is 4. The predicted molar refractivity (Wildman–Crippen MR) is 99.3 cm³/mol. The molecule has 0 radical (unpaired) electrons. The lowest BCUT2D eigenvalue weighted by Crippen LogP contribution is -2.42. The molecule has 1 aliphatic heterocycles. The van der Waals surface area contributed by atoms with Crippen LogP contribution in [0.25, 0.3) is 10.9 Å². The van der Waals surface area contributed by atoms with Crippen molar-refractivity contribution in [2.75, 3.05) is 6.54 Å². The fourth-order valence-corrected chi connectivity index (χ4v) is 3.80. The minimum Gasteiger partial charge on any atom is -0.291 e. The molecule has 0 N–H and O–H groups in total. The molecule has 0 aliphatic carbocycles. The summed E-state index contributed by atoms with van der Waals surface area (Å²) in [4.78, 5) is 12.1. The highest BCUT2D eigenvalue weighted by Crippen LogP contribution is 2.22. The van der Waals surface area contributed by atoms with E-state index in [0.29, 0.717) is 6.04 Å². The summed E-state index contributed by atoms with van der Waals surface area (Å²) in [5, 5.41) is 5.61. The van der Waals surface area contributed by atoms with Crippen LogP contribution in [0.3, 0.4) is 0 Å². The fourth-order valence-electron chi connectivity index (χ4n) is 3.80. The number of benzene rings is 1. The molecular weight excluding hydrogens is 310 g/mol. The number of piperidine rings is 1. The van der Waals surface area contributed by atoms with E-state index in [-0.39, 0.29) is 0 Å². The van der Waals surface area contributed by atoms with Crippen LogP contribution in [0.1, 0.15) is 36.3 Å². The number of nitrogens with zero attached hydrogens (tertiary/aromatic N) is 5.